The van der Waals surface area contributed by atoms with E-state index in [0.29, 0.717) is 11.1 Å². The number of benzene rings is 2. The molecule has 1 heterocycles. The second-order valence-corrected chi connectivity index (χ2v) is 6.03. The third-order valence-electron chi connectivity index (χ3n) is 4.18. The summed E-state index contributed by atoms with van der Waals surface area (Å²) < 4.78 is 10.2. The minimum absolute atomic E-state index is 0.101. The Morgan fingerprint density at radius 1 is 0.852 bits per heavy atom. The quantitative estimate of drug-likeness (QED) is 0.549. The van der Waals surface area contributed by atoms with Crippen molar-refractivity contribution in [1.29, 1.82) is 0 Å². The molecule has 138 valence electrons. The lowest BCUT2D eigenvalue weighted by Crippen LogP contribution is -2.41. The highest BCUT2D eigenvalue weighted by atomic mass is 16.5. The predicted octanol–water partition coefficient (Wildman–Crippen LogP) is 2.91. The van der Waals surface area contributed by atoms with Crippen molar-refractivity contribution < 1.29 is 23.5 Å². The van der Waals surface area contributed by atoms with Gasteiger partial charge < -0.3 is 9.15 Å². The fraction of sp³-hybridized carbons (Fsp3) is 0.150. The lowest BCUT2D eigenvalue weighted by Gasteiger charge is -2.06. The minimum Gasteiger partial charge on any atom is -0.465 e. The van der Waals surface area contributed by atoms with Crippen molar-refractivity contribution in [2.24, 2.45) is 0 Å². The van der Waals surface area contributed by atoms with Crippen LogP contribution in [-0.4, -0.2) is 24.9 Å². The van der Waals surface area contributed by atoms with Crippen molar-refractivity contribution >= 4 is 28.8 Å². The molecule has 7 nitrogen and oxygen atoms in total. The largest absolute Gasteiger partial charge is 0.465 e. The number of fused-ring (bicyclic) bond motifs is 1. The summed E-state index contributed by atoms with van der Waals surface area (Å²) >= 11 is 0. The van der Waals surface area contributed by atoms with Gasteiger partial charge >= 0.3 is 11.9 Å². The molecule has 0 unspecified atom stereocenters. The number of ether oxygens (including phenoxy) is 1. The zero-order chi connectivity index (χ0) is 19.6. The molecule has 27 heavy (non-hydrogen) atoms. The summed E-state index contributed by atoms with van der Waals surface area (Å²) in [4.78, 5) is 35.8. The number of aryl methyl sites for hydroxylation is 2. The van der Waals surface area contributed by atoms with Crippen molar-refractivity contribution in [2.75, 3.05) is 7.11 Å². The van der Waals surface area contributed by atoms with Gasteiger partial charge in [-0.25, -0.2) is 4.79 Å². The first-order valence-electron chi connectivity index (χ1n) is 8.19. The van der Waals surface area contributed by atoms with E-state index in [0.717, 1.165) is 16.5 Å². The number of furan rings is 1. The molecule has 3 aromatic rings. The first-order chi connectivity index (χ1) is 12.9. The average molecular weight is 366 g/mol. The highest BCUT2D eigenvalue weighted by Gasteiger charge is 2.16. The maximum Gasteiger partial charge on any atom is 0.337 e. The standard InChI is InChI=1S/C20H18N2O5/c1-11-4-5-12(2)17-15(11)10-16(27-17)19(24)22-21-18(23)13-6-8-14(9-7-13)20(25)26-3/h4-10H,1-3H3,(H,21,23)(H,22,24). The van der Waals surface area contributed by atoms with Crippen LogP contribution in [0.15, 0.2) is 46.9 Å². The average Bonchev–Trinajstić information content (AvgIpc) is 3.15. The zero-order valence-corrected chi connectivity index (χ0v) is 15.1. The molecule has 0 spiro atoms. The minimum atomic E-state index is -0.565. The van der Waals surface area contributed by atoms with E-state index in [1.807, 2.05) is 26.0 Å². The number of methoxy groups -OCH3 is 1. The highest BCUT2D eigenvalue weighted by Crippen LogP contribution is 2.25. The zero-order valence-electron chi connectivity index (χ0n) is 15.1. The van der Waals surface area contributed by atoms with Crippen LogP contribution in [0, 0.1) is 13.8 Å². The van der Waals surface area contributed by atoms with E-state index in [1.165, 1.54) is 31.4 Å². The summed E-state index contributed by atoms with van der Waals surface area (Å²) in [5.41, 5.74) is 7.80. The molecule has 0 bridgehead atoms. The normalized spacial score (nSPS) is 10.5. The van der Waals surface area contributed by atoms with E-state index in [9.17, 15) is 14.4 Å². The van der Waals surface area contributed by atoms with Crippen LogP contribution in [-0.2, 0) is 4.74 Å². The van der Waals surface area contributed by atoms with E-state index in [4.69, 9.17) is 4.42 Å². The number of carbonyl (C=O) groups is 3. The maximum absolute atomic E-state index is 12.3. The molecule has 0 saturated carbocycles. The van der Waals surface area contributed by atoms with Crippen molar-refractivity contribution in [3.05, 3.63) is 70.5 Å². The molecule has 2 amide bonds. The van der Waals surface area contributed by atoms with Crippen molar-refractivity contribution in [1.82, 2.24) is 10.9 Å². The number of carbonyl (C=O) groups excluding carboxylic acids is 3. The summed E-state index contributed by atoms with van der Waals surface area (Å²) in [5.74, 6) is -1.48. The van der Waals surface area contributed by atoms with E-state index in [1.54, 1.807) is 6.07 Å². The molecular formula is C20H18N2O5. The molecule has 2 N–H and O–H groups in total. The van der Waals surface area contributed by atoms with Crippen molar-refractivity contribution in [3.8, 4) is 0 Å². The van der Waals surface area contributed by atoms with Gasteiger partial charge in [-0.15, -0.1) is 0 Å². The Kier molecular flexibility index (Phi) is 4.94. The summed E-state index contributed by atoms with van der Waals surface area (Å²) in [6, 6.07) is 11.4. The molecule has 0 fully saturated rings. The van der Waals surface area contributed by atoms with Gasteiger partial charge in [0, 0.05) is 10.9 Å². The number of hydrogen-bond acceptors (Lipinski definition) is 5. The number of nitrogens with one attached hydrogen (secondary N) is 2. The topological polar surface area (TPSA) is 97.6 Å². The van der Waals surface area contributed by atoms with Gasteiger partial charge in [-0.2, -0.15) is 0 Å². The van der Waals surface area contributed by atoms with Crippen molar-refractivity contribution in [3.63, 3.8) is 0 Å². The van der Waals surface area contributed by atoms with Crippen LogP contribution in [0.3, 0.4) is 0 Å². The predicted molar refractivity (Wildman–Crippen MR) is 98.4 cm³/mol. The van der Waals surface area contributed by atoms with Gasteiger partial charge in [0.1, 0.15) is 5.58 Å². The molecule has 3 rings (SSSR count). The van der Waals surface area contributed by atoms with Crippen LogP contribution in [0.25, 0.3) is 11.0 Å². The van der Waals surface area contributed by atoms with E-state index in [-0.39, 0.29) is 11.3 Å². The van der Waals surface area contributed by atoms with Crippen LogP contribution in [0.1, 0.15) is 42.4 Å². The van der Waals surface area contributed by atoms with Crippen LogP contribution in [0.4, 0.5) is 0 Å². The summed E-state index contributed by atoms with van der Waals surface area (Å²) in [5, 5.41) is 0.852. The lowest BCUT2D eigenvalue weighted by atomic mass is 10.1. The Balaban J connectivity index is 1.68. The van der Waals surface area contributed by atoms with E-state index < -0.39 is 17.8 Å². The first kappa shape index (κ1) is 18.2. The van der Waals surface area contributed by atoms with Gasteiger partial charge in [0.15, 0.2) is 5.76 Å². The van der Waals surface area contributed by atoms with Gasteiger partial charge in [0.05, 0.1) is 12.7 Å². The molecule has 0 radical (unpaired) electrons. The van der Waals surface area contributed by atoms with Crippen LogP contribution in [0.5, 0.6) is 0 Å². The first-order valence-corrected chi connectivity index (χ1v) is 8.19. The summed E-state index contributed by atoms with van der Waals surface area (Å²) in [6.07, 6.45) is 0. The molecular weight excluding hydrogens is 348 g/mol. The third kappa shape index (κ3) is 3.67. The smallest absolute Gasteiger partial charge is 0.337 e. The fourth-order valence-corrected chi connectivity index (χ4v) is 2.63. The Bertz CT molecular complexity index is 995. The van der Waals surface area contributed by atoms with Crippen LogP contribution < -0.4 is 10.9 Å². The molecule has 0 aliphatic carbocycles. The number of hydrogen-bond donors (Lipinski definition) is 2. The lowest BCUT2D eigenvalue weighted by molar-refractivity contribution is 0.0600. The number of rotatable bonds is 3. The summed E-state index contributed by atoms with van der Waals surface area (Å²) in [7, 11) is 1.28. The second kappa shape index (κ2) is 7.33. The maximum atomic E-state index is 12.3. The fourth-order valence-electron chi connectivity index (χ4n) is 2.63. The Morgan fingerprint density at radius 3 is 2.07 bits per heavy atom. The van der Waals surface area contributed by atoms with Gasteiger partial charge in [-0.05, 0) is 55.3 Å². The van der Waals surface area contributed by atoms with E-state index in [2.05, 4.69) is 15.6 Å². The highest BCUT2D eigenvalue weighted by molar-refractivity contribution is 6.00. The summed E-state index contributed by atoms with van der Waals surface area (Å²) in [6.45, 7) is 3.82. The second-order valence-electron chi connectivity index (χ2n) is 6.03. The molecule has 0 aliphatic heterocycles. The number of amides is 2. The van der Waals surface area contributed by atoms with Crippen molar-refractivity contribution in [2.45, 2.75) is 13.8 Å². The number of hydrazine groups is 1. The molecule has 0 atom stereocenters. The molecule has 0 aliphatic rings. The van der Waals surface area contributed by atoms with Crippen LogP contribution >= 0.6 is 0 Å². The molecule has 7 heteroatoms. The molecule has 0 saturated heterocycles. The Hall–Kier alpha value is -3.61. The monoisotopic (exact) mass is 366 g/mol. The third-order valence-corrected chi connectivity index (χ3v) is 4.18. The van der Waals surface area contributed by atoms with Crippen LogP contribution in [0.2, 0.25) is 0 Å². The Morgan fingerprint density at radius 2 is 1.44 bits per heavy atom. The SMILES string of the molecule is COC(=O)c1ccc(C(=O)NNC(=O)c2cc3c(C)ccc(C)c3o2)cc1. The molecule has 1 aromatic heterocycles. The van der Waals surface area contributed by atoms with Gasteiger partial charge in [0.25, 0.3) is 5.91 Å². The van der Waals surface area contributed by atoms with Gasteiger partial charge in [-0.1, -0.05) is 12.1 Å². The Labute approximate surface area is 155 Å². The number of esters is 1. The van der Waals surface area contributed by atoms with E-state index >= 15 is 0 Å². The van der Waals surface area contributed by atoms with Gasteiger partial charge in [0.2, 0.25) is 0 Å². The molecule has 2 aromatic carbocycles. The van der Waals surface area contributed by atoms with Gasteiger partial charge in [-0.3, -0.25) is 20.4 Å².